The maximum Gasteiger partial charge on any atom is 0.0992 e. The standard InChI is InChI=1S/C14H19N3O/c1-14(2)8-11(5-6-18-14)17-13-4-3-10(9-15)7-12(13)16/h3-4,7,11,17H,5-6,8,16H2,1-2H3. The Hall–Kier alpha value is -1.73. The summed E-state index contributed by atoms with van der Waals surface area (Å²) < 4.78 is 5.69. The molecule has 18 heavy (non-hydrogen) atoms. The van der Waals surface area contributed by atoms with E-state index in [2.05, 4.69) is 25.2 Å². The van der Waals surface area contributed by atoms with E-state index in [1.54, 1.807) is 12.1 Å². The van der Waals surface area contributed by atoms with Gasteiger partial charge in [0.05, 0.1) is 28.6 Å². The predicted octanol–water partition coefficient (Wildman–Crippen LogP) is 2.51. The molecule has 0 aromatic heterocycles. The summed E-state index contributed by atoms with van der Waals surface area (Å²) >= 11 is 0. The van der Waals surface area contributed by atoms with Crippen LogP contribution in [0, 0.1) is 11.3 Å². The fourth-order valence-electron chi connectivity index (χ4n) is 2.34. The molecular weight excluding hydrogens is 226 g/mol. The van der Waals surface area contributed by atoms with Crippen molar-refractivity contribution in [2.75, 3.05) is 17.7 Å². The van der Waals surface area contributed by atoms with Crippen molar-refractivity contribution >= 4 is 11.4 Å². The minimum absolute atomic E-state index is 0.0860. The largest absolute Gasteiger partial charge is 0.397 e. The molecule has 0 aliphatic carbocycles. The molecule has 1 heterocycles. The number of nitrogens with one attached hydrogen (secondary N) is 1. The van der Waals surface area contributed by atoms with Crippen molar-refractivity contribution < 1.29 is 4.74 Å². The third-order valence-corrected chi connectivity index (χ3v) is 3.24. The van der Waals surface area contributed by atoms with Crippen molar-refractivity contribution in [2.24, 2.45) is 0 Å². The molecule has 2 rings (SSSR count). The van der Waals surface area contributed by atoms with E-state index in [1.165, 1.54) is 0 Å². The molecule has 0 radical (unpaired) electrons. The zero-order valence-electron chi connectivity index (χ0n) is 10.9. The summed E-state index contributed by atoms with van der Waals surface area (Å²) in [6.45, 7) is 4.97. The van der Waals surface area contributed by atoms with E-state index in [1.807, 2.05) is 6.07 Å². The van der Waals surface area contributed by atoms with Crippen LogP contribution in [0.4, 0.5) is 11.4 Å². The summed E-state index contributed by atoms with van der Waals surface area (Å²) in [4.78, 5) is 0. The van der Waals surface area contributed by atoms with E-state index in [9.17, 15) is 0 Å². The van der Waals surface area contributed by atoms with Crippen LogP contribution in [0.15, 0.2) is 18.2 Å². The first-order valence-electron chi connectivity index (χ1n) is 6.20. The third kappa shape index (κ3) is 2.93. The van der Waals surface area contributed by atoms with Gasteiger partial charge in [0.15, 0.2) is 0 Å². The van der Waals surface area contributed by atoms with E-state index in [-0.39, 0.29) is 5.60 Å². The number of benzene rings is 1. The Labute approximate surface area is 108 Å². The van der Waals surface area contributed by atoms with Crippen molar-refractivity contribution in [3.63, 3.8) is 0 Å². The zero-order valence-corrected chi connectivity index (χ0v) is 10.9. The Morgan fingerprint density at radius 2 is 2.28 bits per heavy atom. The van der Waals surface area contributed by atoms with E-state index in [4.69, 9.17) is 15.7 Å². The Morgan fingerprint density at radius 1 is 1.50 bits per heavy atom. The third-order valence-electron chi connectivity index (χ3n) is 3.24. The van der Waals surface area contributed by atoms with Gasteiger partial charge in [-0.2, -0.15) is 5.26 Å². The van der Waals surface area contributed by atoms with Crippen LogP contribution in [0.3, 0.4) is 0 Å². The normalized spacial score (nSPS) is 22.2. The monoisotopic (exact) mass is 245 g/mol. The van der Waals surface area contributed by atoms with Gasteiger partial charge in [0.2, 0.25) is 0 Å². The molecule has 3 N–H and O–H groups in total. The lowest BCUT2D eigenvalue weighted by Gasteiger charge is -2.36. The first-order valence-corrected chi connectivity index (χ1v) is 6.20. The van der Waals surface area contributed by atoms with Crippen molar-refractivity contribution in [1.29, 1.82) is 5.26 Å². The fourth-order valence-corrected chi connectivity index (χ4v) is 2.34. The summed E-state index contributed by atoms with van der Waals surface area (Å²) in [6.07, 6.45) is 1.93. The molecule has 4 heteroatoms. The molecule has 96 valence electrons. The number of anilines is 2. The SMILES string of the molecule is CC1(C)CC(Nc2ccc(C#N)cc2N)CCO1. The number of ether oxygens (including phenoxy) is 1. The topological polar surface area (TPSA) is 71.1 Å². The number of nitrogens with two attached hydrogens (primary N) is 1. The van der Waals surface area contributed by atoms with Gasteiger partial charge in [-0.25, -0.2) is 0 Å². The van der Waals surface area contributed by atoms with Gasteiger partial charge in [-0.3, -0.25) is 0 Å². The molecule has 0 saturated carbocycles. The number of nitrogen functional groups attached to an aromatic ring is 1. The van der Waals surface area contributed by atoms with Gasteiger partial charge >= 0.3 is 0 Å². The minimum atomic E-state index is -0.0860. The Bertz CT molecular complexity index is 476. The molecule has 1 aliphatic heterocycles. The van der Waals surface area contributed by atoms with Crippen LogP contribution in [0.2, 0.25) is 0 Å². The quantitative estimate of drug-likeness (QED) is 0.785. The van der Waals surface area contributed by atoms with E-state index in [0.717, 1.165) is 25.1 Å². The highest BCUT2D eigenvalue weighted by molar-refractivity contribution is 5.68. The summed E-state index contributed by atoms with van der Waals surface area (Å²) in [5, 5.41) is 12.2. The van der Waals surface area contributed by atoms with Crippen LogP contribution in [-0.4, -0.2) is 18.2 Å². The van der Waals surface area contributed by atoms with Crippen LogP contribution >= 0.6 is 0 Å². The first-order chi connectivity index (χ1) is 8.50. The molecule has 0 amide bonds. The number of hydrogen-bond acceptors (Lipinski definition) is 4. The molecule has 1 unspecified atom stereocenters. The van der Waals surface area contributed by atoms with Crippen molar-refractivity contribution in [2.45, 2.75) is 38.3 Å². The number of nitriles is 1. The lowest BCUT2D eigenvalue weighted by molar-refractivity contribution is -0.0553. The summed E-state index contributed by atoms with van der Waals surface area (Å²) in [6, 6.07) is 7.80. The highest BCUT2D eigenvalue weighted by Gasteiger charge is 2.28. The van der Waals surface area contributed by atoms with Crippen LogP contribution in [0.5, 0.6) is 0 Å². The number of rotatable bonds is 2. The lowest BCUT2D eigenvalue weighted by Crippen LogP contribution is -2.40. The number of hydrogen-bond donors (Lipinski definition) is 2. The first kappa shape index (κ1) is 12.7. The maximum atomic E-state index is 8.80. The predicted molar refractivity (Wildman–Crippen MR) is 72.2 cm³/mol. The highest BCUT2D eigenvalue weighted by Crippen LogP contribution is 2.28. The second-order valence-corrected chi connectivity index (χ2v) is 5.36. The van der Waals surface area contributed by atoms with Gasteiger partial charge in [0.1, 0.15) is 0 Å². The second kappa shape index (κ2) is 4.87. The van der Waals surface area contributed by atoms with Crippen LogP contribution < -0.4 is 11.1 Å². The smallest absolute Gasteiger partial charge is 0.0992 e. The molecule has 4 nitrogen and oxygen atoms in total. The second-order valence-electron chi connectivity index (χ2n) is 5.36. The average molecular weight is 245 g/mol. The summed E-state index contributed by atoms with van der Waals surface area (Å²) in [7, 11) is 0. The molecule has 1 atom stereocenters. The van der Waals surface area contributed by atoms with Gasteiger partial charge in [-0.15, -0.1) is 0 Å². The Balaban J connectivity index is 2.08. The number of nitrogens with zero attached hydrogens (tertiary/aromatic N) is 1. The Kier molecular flexibility index (Phi) is 3.44. The van der Waals surface area contributed by atoms with Crippen LogP contribution in [-0.2, 0) is 4.74 Å². The van der Waals surface area contributed by atoms with Gasteiger partial charge < -0.3 is 15.8 Å². The molecule has 1 aliphatic rings. The molecule has 1 aromatic rings. The molecule has 0 bridgehead atoms. The molecular formula is C14H19N3O. The fraction of sp³-hybridized carbons (Fsp3) is 0.500. The lowest BCUT2D eigenvalue weighted by atomic mass is 9.93. The van der Waals surface area contributed by atoms with E-state index < -0.39 is 0 Å². The van der Waals surface area contributed by atoms with Crippen LogP contribution in [0.25, 0.3) is 0 Å². The van der Waals surface area contributed by atoms with Crippen molar-refractivity contribution in [1.82, 2.24) is 0 Å². The average Bonchev–Trinajstić information content (AvgIpc) is 2.30. The van der Waals surface area contributed by atoms with Gasteiger partial charge in [0, 0.05) is 12.6 Å². The van der Waals surface area contributed by atoms with Crippen LogP contribution in [0.1, 0.15) is 32.3 Å². The van der Waals surface area contributed by atoms with Gasteiger partial charge in [-0.1, -0.05) is 0 Å². The van der Waals surface area contributed by atoms with Crippen molar-refractivity contribution in [3.05, 3.63) is 23.8 Å². The molecule has 1 aromatic carbocycles. The minimum Gasteiger partial charge on any atom is -0.397 e. The van der Waals surface area contributed by atoms with Gasteiger partial charge in [0.25, 0.3) is 0 Å². The van der Waals surface area contributed by atoms with E-state index in [0.29, 0.717) is 17.3 Å². The van der Waals surface area contributed by atoms with Gasteiger partial charge in [-0.05, 0) is 44.9 Å². The summed E-state index contributed by atoms with van der Waals surface area (Å²) in [5.74, 6) is 0. The Morgan fingerprint density at radius 3 is 2.89 bits per heavy atom. The summed E-state index contributed by atoms with van der Waals surface area (Å²) in [5.41, 5.74) is 7.96. The van der Waals surface area contributed by atoms with E-state index >= 15 is 0 Å². The molecule has 1 saturated heterocycles. The van der Waals surface area contributed by atoms with Crippen molar-refractivity contribution in [3.8, 4) is 6.07 Å². The molecule has 1 fully saturated rings. The highest BCUT2D eigenvalue weighted by atomic mass is 16.5. The zero-order chi connectivity index (χ0) is 13.2. The molecule has 0 spiro atoms. The maximum absolute atomic E-state index is 8.80.